The minimum absolute atomic E-state index is 0.0382. The van der Waals surface area contributed by atoms with Gasteiger partial charge in [0.1, 0.15) is 11.5 Å². The minimum Gasteiger partial charge on any atom is -0.456 e. The predicted molar refractivity (Wildman–Crippen MR) is 122 cm³/mol. The van der Waals surface area contributed by atoms with Crippen LogP contribution in [0.2, 0.25) is 0 Å². The lowest BCUT2D eigenvalue weighted by Gasteiger charge is -2.15. The molecule has 4 aromatic rings. The number of carbonyl (C=O) groups is 1. The molecule has 0 saturated carbocycles. The summed E-state index contributed by atoms with van der Waals surface area (Å²) in [5.41, 5.74) is 3.73. The molecule has 3 aromatic carbocycles. The molecule has 186 valence electrons. The van der Waals surface area contributed by atoms with Crippen LogP contribution >= 0.6 is 0 Å². The fourth-order valence-electron chi connectivity index (χ4n) is 3.51. The lowest BCUT2D eigenvalue weighted by atomic mass is 10.0. The summed E-state index contributed by atoms with van der Waals surface area (Å²) < 4.78 is 84.6. The van der Waals surface area contributed by atoms with Crippen molar-refractivity contribution in [2.24, 2.45) is 0 Å². The van der Waals surface area contributed by atoms with E-state index in [1.54, 1.807) is 31.2 Å². The van der Waals surface area contributed by atoms with E-state index >= 15 is 0 Å². The minimum atomic E-state index is -5.06. The third kappa shape index (κ3) is 5.19. The largest absolute Gasteiger partial charge is 0.456 e. The molecule has 5 nitrogen and oxygen atoms in total. The fraction of sp³-hybridized carbons (Fsp3) is 0.120. The number of fused-ring (bicyclic) bond motifs is 1. The molecule has 11 heteroatoms. The average molecular weight is 505 g/mol. The highest BCUT2D eigenvalue weighted by Crippen LogP contribution is 2.37. The number of pyridine rings is 1. The number of rotatable bonds is 4. The van der Waals surface area contributed by atoms with Crippen LogP contribution in [0.25, 0.3) is 10.9 Å². The van der Waals surface area contributed by atoms with Crippen LogP contribution in [-0.2, 0) is 12.4 Å². The van der Waals surface area contributed by atoms with Crippen molar-refractivity contribution >= 4 is 28.2 Å². The molecule has 36 heavy (non-hydrogen) atoms. The number of benzene rings is 3. The Kier molecular flexibility index (Phi) is 6.25. The van der Waals surface area contributed by atoms with Gasteiger partial charge in [-0.25, -0.2) is 0 Å². The van der Waals surface area contributed by atoms with Gasteiger partial charge in [-0.05, 0) is 67.1 Å². The summed E-state index contributed by atoms with van der Waals surface area (Å²) in [7, 11) is 0. The van der Waals surface area contributed by atoms with Crippen molar-refractivity contribution < 1.29 is 35.9 Å². The van der Waals surface area contributed by atoms with Crippen molar-refractivity contribution in [2.45, 2.75) is 19.3 Å². The number of halogens is 6. The Balaban J connectivity index is 1.59. The molecule has 1 heterocycles. The molecule has 0 aliphatic rings. The zero-order chi connectivity index (χ0) is 26.3. The lowest BCUT2D eigenvalue weighted by molar-refractivity contribution is -0.143. The number of nitrogens with one attached hydrogen (secondary N) is 1. The smallest absolute Gasteiger partial charge is 0.416 e. The number of aromatic nitrogens is 1. The van der Waals surface area contributed by atoms with Crippen LogP contribution in [0.1, 0.15) is 27.0 Å². The van der Waals surface area contributed by atoms with Gasteiger partial charge in [0.25, 0.3) is 5.91 Å². The first-order valence-corrected chi connectivity index (χ1v) is 10.4. The summed E-state index contributed by atoms with van der Waals surface area (Å²) in [5, 5.41) is 2.99. The number of aryl methyl sites for hydroxylation is 1. The van der Waals surface area contributed by atoms with Gasteiger partial charge in [-0.3, -0.25) is 9.78 Å². The SMILES string of the molecule is Cc1cc(NC(=O)c2cc(C(F)(F)F)cc(C(F)(F)F)c2)ccc1Oc1ccnc2c(N)cccc12. The van der Waals surface area contributed by atoms with Crippen LogP contribution in [0.5, 0.6) is 11.5 Å². The number of anilines is 2. The van der Waals surface area contributed by atoms with E-state index in [0.29, 0.717) is 45.8 Å². The van der Waals surface area contributed by atoms with E-state index in [1.165, 1.54) is 24.4 Å². The van der Waals surface area contributed by atoms with Crippen LogP contribution in [0.3, 0.4) is 0 Å². The van der Waals surface area contributed by atoms with Crippen LogP contribution in [0.15, 0.2) is 66.9 Å². The normalized spacial score (nSPS) is 12.0. The lowest BCUT2D eigenvalue weighted by Crippen LogP contribution is -2.17. The van der Waals surface area contributed by atoms with Gasteiger partial charge in [-0.15, -0.1) is 0 Å². The Hall–Kier alpha value is -4.28. The highest BCUT2D eigenvalue weighted by atomic mass is 19.4. The maximum Gasteiger partial charge on any atom is 0.416 e. The van der Waals surface area contributed by atoms with Gasteiger partial charge in [0.2, 0.25) is 0 Å². The Morgan fingerprint density at radius 1 is 0.889 bits per heavy atom. The molecule has 0 saturated heterocycles. The van der Waals surface area contributed by atoms with Gasteiger partial charge in [0.05, 0.1) is 22.3 Å². The number of nitrogen functional groups attached to an aromatic ring is 1. The summed E-state index contributed by atoms with van der Waals surface area (Å²) in [6.45, 7) is 1.66. The van der Waals surface area contributed by atoms with Crippen LogP contribution in [0.4, 0.5) is 37.7 Å². The number of hydrogen-bond acceptors (Lipinski definition) is 4. The quantitative estimate of drug-likeness (QED) is 0.227. The summed E-state index contributed by atoms with van der Waals surface area (Å²) in [6.07, 6.45) is -8.59. The zero-order valence-electron chi connectivity index (χ0n) is 18.5. The molecule has 0 fully saturated rings. The molecule has 0 atom stereocenters. The summed E-state index contributed by atoms with van der Waals surface area (Å²) in [5.74, 6) is -0.257. The zero-order valence-corrected chi connectivity index (χ0v) is 18.5. The molecule has 4 rings (SSSR count). The summed E-state index contributed by atoms with van der Waals surface area (Å²) >= 11 is 0. The number of nitrogens with zero attached hydrogens (tertiary/aromatic N) is 1. The van der Waals surface area contributed by atoms with E-state index in [9.17, 15) is 31.1 Å². The van der Waals surface area contributed by atoms with Gasteiger partial charge in [-0.2, -0.15) is 26.3 Å². The number of nitrogens with two attached hydrogens (primary N) is 1. The van der Waals surface area contributed by atoms with Crippen molar-refractivity contribution in [3.63, 3.8) is 0 Å². The molecular formula is C25H17F6N3O2. The maximum atomic E-state index is 13.1. The number of alkyl halides is 6. The van der Waals surface area contributed by atoms with Gasteiger partial charge in [0.15, 0.2) is 0 Å². The van der Waals surface area contributed by atoms with E-state index in [1.807, 2.05) is 0 Å². The molecule has 0 radical (unpaired) electrons. The highest BCUT2D eigenvalue weighted by molar-refractivity contribution is 6.04. The third-order valence-electron chi connectivity index (χ3n) is 5.26. The predicted octanol–water partition coefficient (Wildman–Crippen LogP) is 7.21. The van der Waals surface area contributed by atoms with Crippen molar-refractivity contribution in [2.75, 3.05) is 11.1 Å². The fourth-order valence-corrected chi connectivity index (χ4v) is 3.51. The summed E-state index contributed by atoms with van der Waals surface area (Å²) in [6, 6.07) is 12.0. The number of amides is 1. The van der Waals surface area contributed by atoms with Crippen molar-refractivity contribution in [1.82, 2.24) is 4.98 Å². The Morgan fingerprint density at radius 2 is 1.56 bits per heavy atom. The molecule has 1 aromatic heterocycles. The van der Waals surface area contributed by atoms with Crippen molar-refractivity contribution in [3.8, 4) is 11.5 Å². The molecule has 0 unspecified atom stereocenters. The van der Waals surface area contributed by atoms with E-state index in [2.05, 4.69) is 10.3 Å². The van der Waals surface area contributed by atoms with Crippen LogP contribution in [-0.4, -0.2) is 10.9 Å². The molecule has 0 aliphatic carbocycles. The first-order chi connectivity index (χ1) is 16.8. The van der Waals surface area contributed by atoms with Gasteiger partial charge in [0, 0.05) is 22.8 Å². The second kappa shape index (κ2) is 9.06. The van der Waals surface area contributed by atoms with Crippen LogP contribution in [0, 0.1) is 6.92 Å². The van der Waals surface area contributed by atoms with Crippen LogP contribution < -0.4 is 15.8 Å². The highest BCUT2D eigenvalue weighted by Gasteiger charge is 2.37. The standard InChI is InChI=1S/C25H17F6N3O2/c1-13-9-17(5-6-20(13)36-21-7-8-33-22-18(21)3-2-4-19(22)32)34-23(35)14-10-15(24(26,27)28)12-16(11-14)25(29,30)31/h2-12H,32H2,1H3,(H,34,35). The molecule has 0 bridgehead atoms. The molecule has 1 amide bonds. The molecule has 0 aliphatic heterocycles. The number of ether oxygens (including phenoxy) is 1. The van der Waals surface area contributed by atoms with E-state index in [-0.39, 0.29) is 11.8 Å². The first kappa shape index (κ1) is 24.8. The molecule has 0 spiro atoms. The van der Waals surface area contributed by atoms with Crippen molar-refractivity contribution in [3.05, 3.63) is 89.1 Å². The van der Waals surface area contributed by atoms with Gasteiger partial charge < -0.3 is 15.8 Å². The monoisotopic (exact) mass is 505 g/mol. The molecular weight excluding hydrogens is 488 g/mol. The maximum absolute atomic E-state index is 13.1. The average Bonchev–Trinajstić information content (AvgIpc) is 2.80. The third-order valence-corrected chi connectivity index (χ3v) is 5.26. The second-order valence-corrected chi connectivity index (χ2v) is 7.88. The first-order valence-electron chi connectivity index (χ1n) is 10.4. The summed E-state index contributed by atoms with van der Waals surface area (Å²) in [4.78, 5) is 16.8. The number of para-hydroxylation sites is 1. The van der Waals surface area contributed by atoms with E-state index < -0.39 is 35.0 Å². The van der Waals surface area contributed by atoms with E-state index in [0.717, 1.165) is 0 Å². The van der Waals surface area contributed by atoms with Gasteiger partial charge >= 0.3 is 12.4 Å². The van der Waals surface area contributed by atoms with E-state index in [4.69, 9.17) is 10.5 Å². The van der Waals surface area contributed by atoms with Crippen molar-refractivity contribution in [1.29, 1.82) is 0 Å². The second-order valence-electron chi connectivity index (χ2n) is 7.88. The Morgan fingerprint density at radius 3 is 2.17 bits per heavy atom. The number of hydrogen-bond donors (Lipinski definition) is 2. The Labute approximate surface area is 200 Å². The topological polar surface area (TPSA) is 77.2 Å². The van der Waals surface area contributed by atoms with Gasteiger partial charge in [-0.1, -0.05) is 6.07 Å². The Bertz CT molecular complexity index is 1430. The number of carbonyl (C=O) groups excluding carboxylic acids is 1. The molecule has 3 N–H and O–H groups in total.